The molecule has 0 aliphatic heterocycles. The third kappa shape index (κ3) is 0.999. The Balaban J connectivity index is 2.90. The number of nitrogens with zero attached hydrogens (tertiary/aromatic N) is 3. The minimum absolute atomic E-state index is 0.0227. The maximum atomic E-state index is 11.2. The van der Waals surface area contributed by atoms with Crippen LogP contribution in [0.1, 0.15) is 0 Å². The van der Waals surface area contributed by atoms with Gasteiger partial charge < -0.3 is 11.2 Å². The van der Waals surface area contributed by atoms with Gasteiger partial charge in [-0.1, -0.05) is 0 Å². The lowest BCUT2D eigenvalue weighted by Gasteiger charge is -1.96. The number of hydrazine groups is 1. The Kier molecular flexibility index (Phi) is 1.43. The summed E-state index contributed by atoms with van der Waals surface area (Å²) in [6, 6.07) is 0. The first-order valence-corrected chi connectivity index (χ1v) is 3.42. The molecule has 0 unspecified atom stereocenters. The van der Waals surface area contributed by atoms with Crippen LogP contribution in [-0.4, -0.2) is 19.6 Å². The van der Waals surface area contributed by atoms with Crippen LogP contribution < -0.4 is 22.7 Å². The minimum Gasteiger partial charge on any atom is -0.369 e. The lowest BCUT2D eigenvalue weighted by atomic mass is 10.5. The van der Waals surface area contributed by atoms with E-state index in [1.165, 1.54) is 6.20 Å². The molecule has 6 N–H and O–H groups in total. The molecule has 2 aromatic rings. The summed E-state index contributed by atoms with van der Waals surface area (Å²) in [5, 5.41) is 3.74. The van der Waals surface area contributed by atoms with Crippen LogP contribution in [-0.2, 0) is 0 Å². The Labute approximate surface area is 71.5 Å². The summed E-state index contributed by atoms with van der Waals surface area (Å²) in [5.41, 5.74) is 7.96. The highest BCUT2D eigenvalue weighted by molar-refractivity contribution is 5.66. The largest absolute Gasteiger partial charge is 0.369 e. The summed E-state index contributed by atoms with van der Waals surface area (Å²) >= 11 is 0. The van der Waals surface area contributed by atoms with Crippen molar-refractivity contribution in [3.05, 3.63) is 16.7 Å². The molecule has 13 heavy (non-hydrogen) atoms. The molecule has 0 spiro atoms. The first-order chi connectivity index (χ1) is 6.22. The highest BCUT2D eigenvalue weighted by atomic mass is 16.1. The topological polar surface area (TPSA) is 127 Å². The van der Waals surface area contributed by atoms with E-state index in [9.17, 15) is 4.79 Å². The van der Waals surface area contributed by atoms with E-state index in [2.05, 4.69) is 20.5 Å². The molecule has 0 saturated heterocycles. The van der Waals surface area contributed by atoms with Crippen LogP contribution in [0.3, 0.4) is 0 Å². The molecule has 0 saturated carbocycles. The summed E-state index contributed by atoms with van der Waals surface area (Å²) in [6.45, 7) is 0. The van der Waals surface area contributed by atoms with Gasteiger partial charge in [-0.25, -0.2) is 4.79 Å². The van der Waals surface area contributed by atoms with Crippen molar-refractivity contribution in [3.63, 3.8) is 0 Å². The van der Waals surface area contributed by atoms with Crippen molar-refractivity contribution in [1.82, 2.24) is 19.6 Å². The lowest BCUT2D eigenvalue weighted by molar-refractivity contribution is 0.847. The zero-order chi connectivity index (χ0) is 9.42. The number of hydrogen-bond acceptors (Lipinski definition) is 6. The number of nitrogen functional groups attached to an aromatic ring is 2. The number of fused-ring (bicyclic) bond motifs is 1. The van der Waals surface area contributed by atoms with Gasteiger partial charge in [-0.3, -0.25) is 10.8 Å². The summed E-state index contributed by atoms with van der Waals surface area (Å²) in [4.78, 5) is 17.3. The van der Waals surface area contributed by atoms with Crippen LogP contribution in [0.5, 0.6) is 0 Å². The smallest absolute Gasteiger partial charge is 0.350 e. The Hall–Kier alpha value is -2.09. The van der Waals surface area contributed by atoms with Gasteiger partial charge in [0.1, 0.15) is 5.69 Å². The van der Waals surface area contributed by atoms with Gasteiger partial charge in [0.15, 0.2) is 5.65 Å². The molecule has 0 amide bonds. The highest BCUT2D eigenvalue weighted by Crippen LogP contribution is 2.09. The number of anilines is 2. The van der Waals surface area contributed by atoms with Gasteiger partial charge in [0, 0.05) is 0 Å². The number of nitrogens with two attached hydrogens (primary N) is 2. The van der Waals surface area contributed by atoms with E-state index < -0.39 is 5.69 Å². The highest BCUT2D eigenvalue weighted by Gasteiger charge is 2.06. The molecule has 2 heterocycles. The molecule has 0 aliphatic rings. The second-order valence-electron chi connectivity index (χ2n) is 2.37. The van der Waals surface area contributed by atoms with Gasteiger partial charge >= 0.3 is 5.69 Å². The van der Waals surface area contributed by atoms with Gasteiger partial charge in [-0.2, -0.15) is 14.6 Å². The predicted molar refractivity (Wildman–Crippen MR) is 45.8 cm³/mol. The summed E-state index contributed by atoms with van der Waals surface area (Å²) < 4.78 is 1.06. The lowest BCUT2D eigenvalue weighted by Crippen LogP contribution is -2.20. The molecule has 2 rings (SSSR count). The van der Waals surface area contributed by atoms with Crippen molar-refractivity contribution in [2.45, 2.75) is 0 Å². The Bertz CT molecular complexity index is 497. The Morgan fingerprint density at radius 1 is 1.62 bits per heavy atom. The Morgan fingerprint density at radius 2 is 2.38 bits per heavy atom. The van der Waals surface area contributed by atoms with Gasteiger partial charge in [0.2, 0.25) is 5.95 Å². The van der Waals surface area contributed by atoms with E-state index in [1.54, 1.807) is 0 Å². The number of aromatic amines is 1. The predicted octanol–water partition coefficient (Wildman–Crippen LogP) is -1.71. The fraction of sp³-hybridized carbons (Fsp3) is 0. The number of rotatable bonds is 1. The summed E-state index contributed by atoms with van der Waals surface area (Å²) in [6.07, 6.45) is 1.39. The van der Waals surface area contributed by atoms with Crippen LogP contribution in [0.15, 0.2) is 11.0 Å². The number of hydrogen-bond donors (Lipinski definition) is 4. The Morgan fingerprint density at radius 3 is 3.08 bits per heavy atom. The maximum absolute atomic E-state index is 11.2. The fourth-order valence-corrected chi connectivity index (χ4v) is 1.00. The molecular weight excluding hydrogens is 174 g/mol. The van der Waals surface area contributed by atoms with Crippen LogP contribution >= 0.6 is 0 Å². The first kappa shape index (κ1) is 7.55. The number of aromatic nitrogens is 4. The molecule has 8 heteroatoms. The average Bonchev–Trinajstić information content (AvgIpc) is 2.47. The number of nitrogens with one attached hydrogen (secondary N) is 2. The third-order valence-electron chi connectivity index (χ3n) is 1.55. The first-order valence-electron chi connectivity index (χ1n) is 3.42. The quantitative estimate of drug-likeness (QED) is 0.306. The molecule has 0 radical (unpaired) electrons. The average molecular weight is 181 g/mol. The SMILES string of the molecule is NNc1cnn2c(=O)[nH]c(N)nc12. The van der Waals surface area contributed by atoms with Crippen molar-refractivity contribution < 1.29 is 0 Å². The fourth-order valence-electron chi connectivity index (χ4n) is 1.00. The summed E-state index contributed by atoms with van der Waals surface area (Å²) in [7, 11) is 0. The number of H-pyrrole nitrogens is 1. The third-order valence-corrected chi connectivity index (χ3v) is 1.55. The van der Waals surface area contributed by atoms with E-state index in [0.29, 0.717) is 11.3 Å². The van der Waals surface area contributed by atoms with E-state index in [4.69, 9.17) is 11.6 Å². The second-order valence-corrected chi connectivity index (χ2v) is 2.37. The van der Waals surface area contributed by atoms with Gasteiger partial charge in [0.05, 0.1) is 6.20 Å². The maximum Gasteiger partial charge on any atom is 0.350 e. The molecular formula is C5H7N7O. The van der Waals surface area contributed by atoms with Crippen LogP contribution in [0.25, 0.3) is 5.65 Å². The van der Waals surface area contributed by atoms with E-state index in [1.807, 2.05) is 0 Å². The van der Waals surface area contributed by atoms with E-state index in [0.717, 1.165) is 4.52 Å². The second kappa shape index (κ2) is 2.45. The van der Waals surface area contributed by atoms with Crippen LogP contribution in [0.4, 0.5) is 11.6 Å². The minimum atomic E-state index is -0.455. The normalized spacial score (nSPS) is 10.5. The van der Waals surface area contributed by atoms with Gasteiger partial charge in [0.25, 0.3) is 0 Å². The zero-order valence-corrected chi connectivity index (χ0v) is 6.48. The van der Waals surface area contributed by atoms with Crippen molar-refractivity contribution >= 4 is 17.3 Å². The molecule has 68 valence electrons. The molecule has 2 aromatic heterocycles. The monoisotopic (exact) mass is 181 g/mol. The molecule has 0 bridgehead atoms. The van der Waals surface area contributed by atoms with Crippen molar-refractivity contribution in [3.8, 4) is 0 Å². The van der Waals surface area contributed by atoms with Gasteiger partial charge in [-0.15, -0.1) is 0 Å². The molecule has 8 nitrogen and oxygen atoms in total. The van der Waals surface area contributed by atoms with Crippen molar-refractivity contribution in [2.75, 3.05) is 11.2 Å². The van der Waals surface area contributed by atoms with Crippen molar-refractivity contribution in [2.24, 2.45) is 5.84 Å². The zero-order valence-electron chi connectivity index (χ0n) is 6.48. The van der Waals surface area contributed by atoms with E-state index >= 15 is 0 Å². The molecule has 0 fully saturated rings. The molecule has 0 aromatic carbocycles. The standard InChI is InChI=1S/C5H7N7O/c6-4-9-3-2(11-7)1-8-12(3)5(13)10-4/h1,11H,7H2,(H3,6,9,10,13). The molecule has 0 atom stereocenters. The summed E-state index contributed by atoms with van der Waals surface area (Å²) in [5.74, 6) is 5.19. The van der Waals surface area contributed by atoms with E-state index in [-0.39, 0.29) is 5.95 Å². The molecule has 0 aliphatic carbocycles. The van der Waals surface area contributed by atoms with Crippen molar-refractivity contribution in [1.29, 1.82) is 0 Å². The van der Waals surface area contributed by atoms with Crippen LogP contribution in [0, 0.1) is 0 Å². The van der Waals surface area contributed by atoms with Gasteiger partial charge in [-0.05, 0) is 0 Å². The van der Waals surface area contributed by atoms with Crippen LogP contribution in [0.2, 0.25) is 0 Å².